The molecular formula is C10H7Br3N2O2S2. The van der Waals surface area contributed by atoms with Crippen molar-refractivity contribution in [3.05, 3.63) is 37.0 Å². The van der Waals surface area contributed by atoms with Gasteiger partial charge in [0.15, 0.2) is 0 Å². The van der Waals surface area contributed by atoms with Crippen molar-refractivity contribution >= 4 is 80.5 Å². The van der Waals surface area contributed by atoms with Gasteiger partial charge < -0.3 is 5.73 Å². The number of hydrogen-bond acceptors (Lipinski definition) is 4. The van der Waals surface area contributed by atoms with E-state index < -0.39 is 10.0 Å². The molecule has 2 aromatic rings. The molecule has 0 radical (unpaired) electrons. The molecule has 0 aliphatic carbocycles. The van der Waals surface area contributed by atoms with Crippen LogP contribution in [-0.2, 0) is 10.0 Å². The van der Waals surface area contributed by atoms with Crippen LogP contribution in [0.1, 0.15) is 0 Å². The van der Waals surface area contributed by atoms with Gasteiger partial charge >= 0.3 is 0 Å². The number of sulfonamides is 1. The van der Waals surface area contributed by atoms with E-state index in [1.54, 1.807) is 18.2 Å². The molecule has 0 aliphatic heterocycles. The van der Waals surface area contributed by atoms with Gasteiger partial charge in [-0.2, -0.15) is 0 Å². The molecular weight excluding hydrogens is 484 g/mol. The van der Waals surface area contributed by atoms with E-state index in [-0.39, 0.29) is 4.21 Å². The number of nitrogens with two attached hydrogens (primary N) is 1. The van der Waals surface area contributed by atoms with Crippen molar-refractivity contribution in [1.29, 1.82) is 0 Å². The second-order valence-corrected chi connectivity index (χ2v) is 9.66. The molecule has 19 heavy (non-hydrogen) atoms. The number of benzene rings is 1. The second kappa shape index (κ2) is 5.72. The number of thiophene rings is 1. The van der Waals surface area contributed by atoms with Gasteiger partial charge in [0.2, 0.25) is 0 Å². The van der Waals surface area contributed by atoms with E-state index in [2.05, 4.69) is 52.5 Å². The van der Waals surface area contributed by atoms with Crippen LogP contribution < -0.4 is 10.5 Å². The summed E-state index contributed by atoms with van der Waals surface area (Å²) >= 11 is 10.9. The lowest BCUT2D eigenvalue weighted by atomic mass is 10.3. The summed E-state index contributed by atoms with van der Waals surface area (Å²) in [5.41, 5.74) is 6.48. The van der Waals surface area contributed by atoms with Gasteiger partial charge in [-0.05, 0) is 56.1 Å². The zero-order valence-electron chi connectivity index (χ0n) is 9.15. The highest BCUT2D eigenvalue weighted by atomic mass is 79.9. The summed E-state index contributed by atoms with van der Waals surface area (Å²) < 4.78 is 29.2. The fourth-order valence-corrected chi connectivity index (χ4v) is 5.94. The van der Waals surface area contributed by atoms with Crippen molar-refractivity contribution in [3.8, 4) is 0 Å². The van der Waals surface area contributed by atoms with Crippen molar-refractivity contribution in [1.82, 2.24) is 0 Å². The highest BCUT2D eigenvalue weighted by molar-refractivity contribution is 9.11. The first-order valence-corrected chi connectivity index (χ1v) is 9.50. The summed E-state index contributed by atoms with van der Waals surface area (Å²) in [7, 11) is -3.64. The van der Waals surface area contributed by atoms with E-state index in [1.165, 1.54) is 6.07 Å². The van der Waals surface area contributed by atoms with E-state index in [9.17, 15) is 8.42 Å². The zero-order chi connectivity index (χ0) is 14.2. The van der Waals surface area contributed by atoms with E-state index in [0.717, 1.165) is 19.6 Å². The van der Waals surface area contributed by atoms with E-state index in [4.69, 9.17) is 5.73 Å². The Morgan fingerprint density at radius 3 is 2.37 bits per heavy atom. The highest BCUT2D eigenvalue weighted by Gasteiger charge is 2.19. The highest BCUT2D eigenvalue weighted by Crippen LogP contribution is 2.35. The average Bonchev–Trinajstić information content (AvgIpc) is 2.71. The number of nitrogens with one attached hydrogen (secondary N) is 1. The van der Waals surface area contributed by atoms with E-state index in [0.29, 0.717) is 15.8 Å². The molecule has 1 aromatic carbocycles. The molecule has 0 saturated carbocycles. The minimum absolute atomic E-state index is 0.216. The lowest BCUT2D eigenvalue weighted by Crippen LogP contribution is -2.13. The minimum Gasteiger partial charge on any atom is -0.397 e. The predicted molar refractivity (Wildman–Crippen MR) is 89.1 cm³/mol. The third kappa shape index (κ3) is 3.52. The third-order valence-electron chi connectivity index (χ3n) is 2.14. The van der Waals surface area contributed by atoms with Crippen LogP contribution in [0.5, 0.6) is 0 Å². The molecule has 9 heteroatoms. The van der Waals surface area contributed by atoms with Crippen molar-refractivity contribution < 1.29 is 8.42 Å². The number of nitrogen functional groups attached to an aromatic ring is 1. The summed E-state index contributed by atoms with van der Waals surface area (Å²) in [5, 5.41) is 0. The Labute approximate surface area is 139 Å². The van der Waals surface area contributed by atoms with Crippen LogP contribution in [0.4, 0.5) is 11.4 Å². The SMILES string of the molecule is Nc1cc(Br)cc(Br)c1NS(=O)(=O)c1ccc(Br)s1. The Hall–Kier alpha value is -0.0900. The maximum atomic E-state index is 12.2. The normalized spacial score (nSPS) is 11.5. The molecule has 0 aliphatic rings. The summed E-state index contributed by atoms with van der Waals surface area (Å²) in [5.74, 6) is 0. The molecule has 0 saturated heterocycles. The minimum atomic E-state index is -3.64. The van der Waals surface area contributed by atoms with Gasteiger partial charge in [0.05, 0.1) is 15.2 Å². The number of anilines is 2. The molecule has 1 aromatic heterocycles. The van der Waals surface area contributed by atoms with Crippen molar-refractivity contribution in [3.63, 3.8) is 0 Å². The van der Waals surface area contributed by atoms with Crippen LogP contribution in [0.15, 0.2) is 41.2 Å². The molecule has 1 heterocycles. The quantitative estimate of drug-likeness (QED) is 0.626. The number of rotatable bonds is 3. The first-order valence-electron chi connectivity index (χ1n) is 4.82. The maximum Gasteiger partial charge on any atom is 0.271 e. The molecule has 0 fully saturated rings. The largest absolute Gasteiger partial charge is 0.397 e. The fraction of sp³-hybridized carbons (Fsp3) is 0. The van der Waals surface area contributed by atoms with Gasteiger partial charge in [0.1, 0.15) is 4.21 Å². The summed E-state index contributed by atoms with van der Waals surface area (Å²) in [6, 6.07) is 6.56. The Bertz CT molecular complexity index is 705. The summed E-state index contributed by atoms with van der Waals surface area (Å²) in [4.78, 5) is 0. The molecule has 3 N–H and O–H groups in total. The second-order valence-electron chi connectivity index (χ2n) is 3.52. The van der Waals surface area contributed by atoms with Crippen molar-refractivity contribution in [2.45, 2.75) is 4.21 Å². The van der Waals surface area contributed by atoms with Crippen LogP contribution in [-0.4, -0.2) is 8.42 Å². The zero-order valence-corrected chi connectivity index (χ0v) is 15.5. The first kappa shape index (κ1) is 15.3. The lowest BCUT2D eigenvalue weighted by Gasteiger charge is -2.11. The van der Waals surface area contributed by atoms with Gasteiger partial charge in [-0.3, -0.25) is 4.72 Å². The Morgan fingerprint density at radius 2 is 1.84 bits per heavy atom. The molecule has 0 unspecified atom stereocenters. The van der Waals surface area contributed by atoms with Crippen molar-refractivity contribution in [2.24, 2.45) is 0 Å². The van der Waals surface area contributed by atoms with Gasteiger partial charge in [0.25, 0.3) is 10.0 Å². The van der Waals surface area contributed by atoms with Gasteiger partial charge in [-0.25, -0.2) is 8.42 Å². The smallest absolute Gasteiger partial charge is 0.271 e. The average molecular weight is 491 g/mol. The Kier molecular flexibility index (Phi) is 4.61. The van der Waals surface area contributed by atoms with Crippen LogP contribution >= 0.6 is 59.1 Å². The van der Waals surface area contributed by atoms with E-state index >= 15 is 0 Å². The third-order valence-corrected chi connectivity index (χ3v) is 6.68. The van der Waals surface area contributed by atoms with Crippen LogP contribution in [0.25, 0.3) is 0 Å². The van der Waals surface area contributed by atoms with Crippen LogP contribution in [0.3, 0.4) is 0 Å². The molecule has 0 amide bonds. The molecule has 4 nitrogen and oxygen atoms in total. The first-order chi connectivity index (χ1) is 8.79. The fourth-order valence-electron chi connectivity index (χ4n) is 1.33. The number of hydrogen-bond donors (Lipinski definition) is 2. The predicted octanol–water partition coefficient (Wildman–Crippen LogP) is 4.42. The molecule has 0 bridgehead atoms. The van der Waals surface area contributed by atoms with E-state index in [1.807, 2.05) is 0 Å². The van der Waals surface area contributed by atoms with Crippen LogP contribution in [0.2, 0.25) is 0 Å². The van der Waals surface area contributed by atoms with Gasteiger partial charge in [-0.1, -0.05) is 15.9 Å². The summed E-state index contributed by atoms with van der Waals surface area (Å²) in [6.07, 6.45) is 0. The molecule has 102 valence electrons. The topological polar surface area (TPSA) is 72.2 Å². The lowest BCUT2D eigenvalue weighted by molar-refractivity contribution is 0.603. The monoisotopic (exact) mass is 488 g/mol. The van der Waals surface area contributed by atoms with Crippen LogP contribution in [0, 0.1) is 0 Å². The molecule has 0 spiro atoms. The molecule has 0 atom stereocenters. The van der Waals surface area contributed by atoms with Gasteiger partial charge in [-0.15, -0.1) is 11.3 Å². The maximum absolute atomic E-state index is 12.2. The summed E-state index contributed by atoms with van der Waals surface area (Å²) in [6.45, 7) is 0. The standard InChI is InChI=1S/C10H7Br3N2O2S2/c11-5-3-6(12)10(7(14)4-5)15-19(16,17)9-2-1-8(13)18-9/h1-4,15H,14H2. The Morgan fingerprint density at radius 1 is 1.16 bits per heavy atom. The molecule has 2 rings (SSSR count). The number of halogens is 3. The Balaban J connectivity index is 2.41. The van der Waals surface area contributed by atoms with Gasteiger partial charge in [0, 0.05) is 8.95 Å². The van der Waals surface area contributed by atoms with Crippen molar-refractivity contribution in [2.75, 3.05) is 10.5 Å².